The van der Waals surface area contributed by atoms with Crippen LogP contribution in [0.15, 0.2) is 186 Å². The van der Waals surface area contributed by atoms with Gasteiger partial charge in [-0.25, -0.2) is 0 Å². The Morgan fingerprint density at radius 3 is 1.57 bits per heavy atom. The van der Waals surface area contributed by atoms with E-state index in [9.17, 15) is 8.22 Å². The van der Waals surface area contributed by atoms with E-state index in [4.69, 9.17) is 4.42 Å². The molecule has 0 N–H and O–H groups in total. The van der Waals surface area contributed by atoms with Gasteiger partial charge in [0.05, 0.1) is 8.22 Å². The fourth-order valence-corrected chi connectivity index (χ4v) is 7.29. The van der Waals surface area contributed by atoms with Crippen LogP contribution in [0.3, 0.4) is 0 Å². The molecule has 0 atom stereocenters. The first-order chi connectivity index (χ1) is 26.8. The van der Waals surface area contributed by atoms with Gasteiger partial charge in [-0.15, -0.1) is 0 Å². The van der Waals surface area contributed by atoms with Gasteiger partial charge in [-0.05, 0) is 107 Å². The van der Waals surface area contributed by atoms with Gasteiger partial charge in [-0.2, -0.15) is 0 Å². The molecule has 49 heavy (non-hydrogen) atoms. The van der Waals surface area contributed by atoms with Crippen LogP contribution in [0.25, 0.3) is 98.8 Å². The minimum Gasteiger partial charge on any atom is -0.456 e. The molecule has 1 heterocycles. The minimum atomic E-state index is -0.259. The zero-order valence-electron chi connectivity index (χ0n) is 32.3. The molecule has 9 aromatic carbocycles. The molecule has 0 amide bonds. The number of rotatable bonds is 4. The molecule has 0 bridgehead atoms. The lowest BCUT2D eigenvalue weighted by molar-refractivity contribution is 0.669. The summed E-state index contributed by atoms with van der Waals surface area (Å²) >= 11 is 0. The predicted octanol–water partition coefficient (Wildman–Crippen LogP) is 13.7. The first-order valence-electron chi connectivity index (χ1n) is 19.4. The Morgan fingerprint density at radius 1 is 0.367 bits per heavy atom. The van der Waals surface area contributed by atoms with Crippen LogP contribution in [0.5, 0.6) is 0 Å². The van der Waals surface area contributed by atoms with Crippen molar-refractivity contribution in [3.05, 3.63) is 182 Å². The third kappa shape index (κ3) is 4.47. The Kier molecular flexibility index (Phi) is 5.02. The maximum Gasteiger partial charge on any atom is 0.136 e. The van der Waals surface area contributed by atoms with Gasteiger partial charge in [-0.3, -0.25) is 0 Å². The summed E-state index contributed by atoms with van der Waals surface area (Å²) in [5.74, 6) is 0. The van der Waals surface area contributed by atoms with Crippen LogP contribution in [0.1, 0.15) is 8.22 Å². The normalized spacial score (nSPS) is 13.4. The maximum absolute atomic E-state index is 9.71. The second-order valence-electron chi connectivity index (χ2n) is 12.3. The van der Waals surface area contributed by atoms with E-state index in [1.54, 1.807) is 6.07 Å². The molecule has 0 fully saturated rings. The number of furan rings is 1. The molecule has 0 saturated heterocycles. The average Bonchev–Trinajstić information content (AvgIpc) is 3.60. The summed E-state index contributed by atoms with van der Waals surface area (Å²) in [5.41, 5.74) is 6.84. The molecule has 1 nitrogen and oxygen atoms in total. The largest absolute Gasteiger partial charge is 0.456 e. The molecule has 228 valence electrons. The van der Waals surface area contributed by atoms with Crippen LogP contribution in [0.2, 0.25) is 0 Å². The Morgan fingerprint density at radius 2 is 0.918 bits per heavy atom. The molecule has 0 radical (unpaired) electrons. The molecule has 0 unspecified atom stereocenters. The SMILES string of the molecule is [2H]c1c(-c2cccc3oc4ccc(-c5ccccc5)cc4c23)c([2H])c2c([2H])c([2H])c(-c3c4ccccc4c(-c4ccccc4)c4ccccc34)c([2H])c2c1[2H]. The summed E-state index contributed by atoms with van der Waals surface area (Å²) < 4.78 is 63.4. The monoisotopic (exact) mass is 628 g/mol. The first kappa shape index (κ1) is 22.2. The molecule has 0 aliphatic rings. The maximum atomic E-state index is 9.71. The van der Waals surface area contributed by atoms with E-state index in [0.717, 1.165) is 49.2 Å². The number of benzene rings is 9. The predicted molar refractivity (Wildman–Crippen MR) is 208 cm³/mol. The molecule has 0 spiro atoms. The van der Waals surface area contributed by atoms with Gasteiger partial charge in [0.1, 0.15) is 11.2 Å². The summed E-state index contributed by atoms with van der Waals surface area (Å²) in [5, 5.41) is 5.04. The Hall–Kier alpha value is -6.44. The van der Waals surface area contributed by atoms with Crippen LogP contribution in [-0.4, -0.2) is 0 Å². The van der Waals surface area contributed by atoms with E-state index in [0.29, 0.717) is 27.7 Å². The number of fused-ring (bicyclic) bond motifs is 6. The summed E-state index contributed by atoms with van der Waals surface area (Å²) in [6, 6.07) is 46.2. The van der Waals surface area contributed by atoms with Crippen LogP contribution < -0.4 is 0 Å². The highest BCUT2D eigenvalue weighted by Crippen LogP contribution is 2.45. The quantitative estimate of drug-likeness (QED) is 0.177. The molecule has 1 aromatic heterocycles. The summed E-state index contributed by atoms with van der Waals surface area (Å²) in [6.07, 6.45) is 0. The highest BCUT2D eigenvalue weighted by molar-refractivity contribution is 6.22. The van der Waals surface area contributed by atoms with Gasteiger partial charge in [0.15, 0.2) is 0 Å². The highest BCUT2D eigenvalue weighted by atomic mass is 16.3. The third-order valence-electron chi connectivity index (χ3n) is 9.49. The Balaban J connectivity index is 1.27. The zero-order chi connectivity index (χ0) is 37.5. The van der Waals surface area contributed by atoms with Gasteiger partial charge >= 0.3 is 0 Å². The van der Waals surface area contributed by atoms with Crippen molar-refractivity contribution in [2.24, 2.45) is 0 Å². The van der Waals surface area contributed by atoms with Crippen molar-refractivity contribution in [1.82, 2.24) is 0 Å². The lowest BCUT2D eigenvalue weighted by Gasteiger charge is -2.18. The van der Waals surface area contributed by atoms with Crippen molar-refractivity contribution in [3.63, 3.8) is 0 Å². The molecule has 0 aliphatic carbocycles. The second-order valence-corrected chi connectivity index (χ2v) is 12.3. The van der Waals surface area contributed by atoms with Crippen molar-refractivity contribution in [2.45, 2.75) is 0 Å². The third-order valence-corrected chi connectivity index (χ3v) is 9.49. The van der Waals surface area contributed by atoms with Crippen molar-refractivity contribution in [3.8, 4) is 44.5 Å². The molecular weight excluding hydrogens is 593 g/mol. The van der Waals surface area contributed by atoms with E-state index in [1.165, 1.54) is 0 Å². The van der Waals surface area contributed by atoms with E-state index < -0.39 is 0 Å². The molecule has 0 saturated carbocycles. The van der Waals surface area contributed by atoms with Crippen molar-refractivity contribution in [2.75, 3.05) is 0 Å². The molecule has 10 rings (SSSR count). The Labute approximate surface area is 292 Å². The standard InChI is InChI=1S/C48H30O/c1-3-12-31(13-4-1)35-26-27-44-43(30-35)48-38(20-11-21-45(48)49-44)36-24-22-34-29-37(25-23-33(34)28-36)47-41-18-9-7-16-39(41)46(32-14-5-2-6-15-32)40-17-8-10-19-42(40)47/h1-30H/i22D,23D,24D,25D,28D,29D. The van der Waals surface area contributed by atoms with Gasteiger partial charge < -0.3 is 4.42 Å². The highest BCUT2D eigenvalue weighted by Gasteiger charge is 2.17. The Bertz CT molecular complexity index is 3150. The van der Waals surface area contributed by atoms with Gasteiger partial charge in [0.2, 0.25) is 0 Å². The van der Waals surface area contributed by atoms with Crippen LogP contribution in [0, 0.1) is 0 Å². The smallest absolute Gasteiger partial charge is 0.136 e. The van der Waals surface area contributed by atoms with Gasteiger partial charge in [0, 0.05) is 10.8 Å². The summed E-state index contributed by atoms with van der Waals surface area (Å²) in [7, 11) is 0. The van der Waals surface area contributed by atoms with Crippen molar-refractivity contribution >= 4 is 54.3 Å². The lowest BCUT2D eigenvalue weighted by Crippen LogP contribution is -1.90. The zero-order valence-corrected chi connectivity index (χ0v) is 26.3. The lowest BCUT2D eigenvalue weighted by atomic mass is 9.85. The van der Waals surface area contributed by atoms with Crippen LogP contribution >= 0.6 is 0 Å². The van der Waals surface area contributed by atoms with Gasteiger partial charge in [0.25, 0.3) is 0 Å². The topological polar surface area (TPSA) is 13.1 Å². The molecular formula is C48H30O. The number of hydrogen-bond acceptors (Lipinski definition) is 1. The second kappa shape index (κ2) is 11.1. The molecule has 1 heteroatoms. The van der Waals surface area contributed by atoms with Crippen molar-refractivity contribution in [1.29, 1.82) is 0 Å². The molecule has 10 aromatic rings. The van der Waals surface area contributed by atoms with Crippen molar-refractivity contribution < 1.29 is 12.6 Å². The van der Waals surface area contributed by atoms with E-state index in [-0.39, 0.29) is 58.2 Å². The summed E-state index contributed by atoms with van der Waals surface area (Å²) in [4.78, 5) is 0. The first-order valence-corrected chi connectivity index (χ1v) is 16.4. The van der Waals surface area contributed by atoms with Crippen LogP contribution in [-0.2, 0) is 0 Å². The average molecular weight is 629 g/mol. The number of hydrogen-bond donors (Lipinski definition) is 0. The van der Waals surface area contributed by atoms with E-state index in [2.05, 4.69) is 12.1 Å². The minimum absolute atomic E-state index is 0.0130. The summed E-state index contributed by atoms with van der Waals surface area (Å²) in [6.45, 7) is 0. The fourth-order valence-electron chi connectivity index (χ4n) is 7.29. The van der Waals surface area contributed by atoms with E-state index >= 15 is 0 Å². The van der Waals surface area contributed by atoms with Gasteiger partial charge in [-0.1, -0.05) is 152 Å². The fraction of sp³-hybridized carbons (Fsp3) is 0. The molecule has 0 aliphatic heterocycles. The van der Waals surface area contributed by atoms with E-state index in [1.807, 2.05) is 127 Å². The van der Waals surface area contributed by atoms with Crippen LogP contribution in [0.4, 0.5) is 0 Å².